The molecule has 134 valence electrons. The summed E-state index contributed by atoms with van der Waals surface area (Å²) in [5.74, 6) is 0.665. The van der Waals surface area contributed by atoms with Crippen molar-refractivity contribution in [2.24, 2.45) is 7.05 Å². The summed E-state index contributed by atoms with van der Waals surface area (Å²) in [6.07, 6.45) is 0.760. The summed E-state index contributed by atoms with van der Waals surface area (Å²) < 4.78 is 17.2. The number of nitrogens with zero attached hydrogens (tertiary/aromatic N) is 4. The molecule has 0 unspecified atom stereocenters. The van der Waals surface area contributed by atoms with Gasteiger partial charge in [-0.3, -0.25) is 4.68 Å². The van der Waals surface area contributed by atoms with E-state index >= 15 is 0 Å². The standard InChI is InChI=1S/C18H24FN5O/c1-12-15(13(2)24(22-12)8-9-25)11-20-7-6-18-21-16-10-14(19)4-5-17(16)23(18)3/h4-5,10,20,25H,6-9,11H2,1-3H3. The van der Waals surface area contributed by atoms with Crippen molar-refractivity contribution in [3.05, 3.63) is 46.8 Å². The lowest BCUT2D eigenvalue weighted by Crippen LogP contribution is -2.19. The van der Waals surface area contributed by atoms with E-state index in [0.29, 0.717) is 12.1 Å². The molecule has 0 radical (unpaired) electrons. The molecule has 7 heteroatoms. The van der Waals surface area contributed by atoms with Crippen molar-refractivity contribution in [3.63, 3.8) is 0 Å². The highest BCUT2D eigenvalue weighted by molar-refractivity contribution is 5.75. The van der Waals surface area contributed by atoms with E-state index in [-0.39, 0.29) is 12.4 Å². The SMILES string of the molecule is Cc1nn(CCO)c(C)c1CNCCc1nc2cc(F)ccc2n1C. The Balaban J connectivity index is 1.61. The first-order valence-electron chi connectivity index (χ1n) is 8.46. The van der Waals surface area contributed by atoms with E-state index in [9.17, 15) is 4.39 Å². The second-order valence-corrected chi connectivity index (χ2v) is 6.24. The number of imidazole rings is 1. The summed E-state index contributed by atoms with van der Waals surface area (Å²) in [4.78, 5) is 4.52. The first-order valence-corrected chi connectivity index (χ1v) is 8.46. The van der Waals surface area contributed by atoms with Gasteiger partial charge in [0.1, 0.15) is 11.6 Å². The molecule has 0 atom stereocenters. The molecule has 0 amide bonds. The molecule has 2 aromatic heterocycles. The Morgan fingerprint density at radius 2 is 2.08 bits per heavy atom. The minimum atomic E-state index is -0.263. The maximum atomic E-state index is 13.3. The maximum Gasteiger partial charge on any atom is 0.125 e. The average molecular weight is 345 g/mol. The first kappa shape index (κ1) is 17.6. The highest BCUT2D eigenvalue weighted by Crippen LogP contribution is 2.16. The van der Waals surface area contributed by atoms with Gasteiger partial charge in [-0.25, -0.2) is 9.37 Å². The van der Waals surface area contributed by atoms with Crippen LogP contribution in [0, 0.1) is 19.7 Å². The van der Waals surface area contributed by atoms with Crippen molar-refractivity contribution in [1.82, 2.24) is 24.6 Å². The van der Waals surface area contributed by atoms with Crippen LogP contribution in [0.2, 0.25) is 0 Å². The molecular weight excluding hydrogens is 321 g/mol. The number of aryl methyl sites for hydroxylation is 2. The van der Waals surface area contributed by atoms with Crippen LogP contribution in [0.25, 0.3) is 11.0 Å². The molecule has 1 aromatic carbocycles. The molecule has 0 saturated heterocycles. The number of hydrogen-bond donors (Lipinski definition) is 2. The van der Waals surface area contributed by atoms with Crippen LogP contribution in [0.3, 0.4) is 0 Å². The van der Waals surface area contributed by atoms with E-state index in [1.54, 1.807) is 6.07 Å². The Hall–Kier alpha value is -2.25. The maximum absolute atomic E-state index is 13.3. The van der Waals surface area contributed by atoms with Crippen molar-refractivity contribution >= 4 is 11.0 Å². The first-order chi connectivity index (χ1) is 12.0. The normalized spacial score (nSPS) is 11.6. The van der Waals surface area contributed by atoms with E-state index < -0.39 is 0 Å². The molecular formula is C18H24FN5O. The van der Waals surface area contributed by atoms with Gasteiger partial charge in [-0.2, -0.15) is 5.10 Å². The zero-order valence-corrected chi connectivity index (χ0v) is 14.9. The van der Waals surface area contributed by atoms with Crippen LogP contribution in [-0.2, 0) is 26.6 Å². The van der Waals surface area contributed by atoms with Crippen molar-refractivity contribution in [1.29, 1.82) is 0 Å². The molecule has 0 aliphatic heterocycles. The predicted molar refractivity (Wildman–Crippen MR) is 94.9 cm³/mol. The Morgan fingerprint density at radius 1 is 1.28 bits per heavy atom. The van der Waals surface area contributed by atoms with Crippen LogP contribution in [0.4, 0.5) is 4.39 Å². The third kappa shape index (κ3) is 3.57. The van der Waals surface area contributed by atoms with Gasteiger partial charge in [-0.05, 0) is 26.0 Å². The lowest BCUT2D eigenvalue weighted by atomic mass is 10.2. The monoisotopic (exact) mass is 345 g/mol. The Labute approximate surface area is 146 Å². The van der Waals surface area contributed by atoms with Gasteiger partial charge in [0, 0.05) is 43.9 Å². The molecule has 0 bridgehead atoms. The second-order valence-electron chi connectivity index (χ2n) is 6.24. The number of benzene rings is 1. The van der Waals surface area contributed by atoms with Gasteiger partial charge in [0.15, 0.2) is 0 Å². The summed E-state index contributed by atoms with van der Waals surface area (Å²) in [6.45, 7) is 6.10. The lowest BCUT2D eigenvalue weighted by molar-refractivity contribution is 0.267. The van der Waals surface area contributed by atoms with Crippen molar-refractivity contribution in [2.45, 2.75) is 33.4 Å². The van der Waals surface area contributed by atoms with Crippen molar-refractivity contribution < 1.29 is 9.50 Å². The fourth-order valence-corrected chi connectivity index (χ4v) is 3.16. The van der Waals surface area contributed by atoms with Gasteiger partial charge in [0.2, 0.25) is 0 Å². The smallest absolute Gasteiger partial charge is 0.125 e. The van der Waals surface area contributed by atoms with Gasteiger partial charge in [0.05, 0.1) is 29.9 Å². The fraction of sp³-hybridized carbons (Fsp3) is 0.444. The largest absolute Gasteiger partial charge is 0.394 e. The Kier molecular flexibility index (Phi) is 5.15. The molecule has 0 saturated carbocycles. The zero-order valence-electron chi connectivity index (χ0n) is 14.9. The number of aromatic nitrogens is 4. The number of hydrogen-bond acceptors (Lipinski definition) is 4. The fourth-order valence-electron chi connectivity index (χ4n) is 3.16. The predicted octanol–water partition coefficient (Wildman–Crippen LogP) is 1.85. The Morgan fingerprint density at radius 3 is 2.84 bits per heavy atom. The van der Waals surface area contributed by atoms with Crippen LogP contribution in [0.15, 0.2) is 18.2 Å². The van der Waals surface area contributed by atoms with Crippen molar-refractivity contribution in [3.8, 4) is 0 Å². The van der Waals surface area contributed by atoms with Gasteiger partial charge in [0.25, 0.3) is 0 Å². The van der Waals surface area contributed by atoms with Gasteiger partial charge >= 0.3 is 0 Å². The third-order valence-electron chi connectivity index (χ3n) is 4.61. The molecule has 6 nitrogen and oxygen atoms in total. The number of fused-ring (bicyclic) bond motifs is 1. The second kappa shape index (κ2) is 7.33. The van der Waals surface area contributed by atoms with Crippen LogP contribution < -0.4 is 5.32 Å². The summed E-state index contributed by atoms with van der Waals surface area (Å²) in [5, 5.41) is 17.0. The summed E-state index contributed by atoms with van der Waals surface area (Å²) in [5.41, 5.74) is 4.86. The molecule has 25 heavy (non-hydrogen) atoms. The molecule has 2 heterocycles. The van der Waals surface area contributed by atoms with Crippen LogP contribution in [0.1, 0.15) is 22.8 Å². The van der Waals surface area contributed by atoms with Crippen molar-refractivity contribution in [2.75, 3.05) is 13.2 Å². The topological polar surface area (TPSA) is 67.9 Å². The van der Waals surface area contributed by atoms with E-state index in [0.717, 1.165) is 42.2 Å². The molecule has 0 aliphatic rings. The van der Waals surface area contributed by atoms with E-state index in [2.05, 4.69) is 15.4 Å². The Bertz CT molecular complexity index is 883. The minimum absolute atomic E-state index is 0.0855. The summed E-state index contributed by atoms with van der Waals surface area (Å²) in [6, 6.07) is 4.69. The van der Waals surface area contributed by atoms with Crippen LogP contribution in [0.5, 0.6) is 0 Å². The third-order valence-corrected chi connectivity index (χ3v) is 4.61. The lowest BCUT2D eigenvalue weighted by Gasteiger charge is -2.07. The number of halogens is 1. The van der Waals surface area contributed by atoms with E-state index in [4.69, 9.17) is 5.11 Å². The molecule has 0 aliphatic carbocycles. The van der Waals surface area contributed by atoms with Crippen LogP contribution >= 0.6 is 0 Å². The molecule has 3 rings (SSSR count). The number of aliphatic hydroxyl groups is 1. The highest BCUT2D eigenvalue weighted by atomic mass is 19.1. The number of aliphatic hydroxyl groups excluding tert-OH is 1. The van der Waals surface area contributed by atoms with Gasteiger partial charge in [-0.1, -0.05) is 0 Å². The minimum Gasteiger partial charge on any atom is -0.394 e. The average Bonchev–Trinajstić information content (AvgIpc) is 3.02. The van der Waals surface area contributed by atoms with Gasteiger partial charge < -0.3 is 15.0 Å². The molecule has 0 fully saturated rings. The summed E-state index contributed by atoms with van der Waals surface area (Å²) >= 11 is 0. The molecule has 2 N–H and O–H groups in total. The number of nitrogens with one attached hydrogen (secondary N) is 1. The molecule has 0 spiro atoms. The van der Waals surface area contributed by atoms with E-state index in [1.807, 2.05) is 30.1 Å². The molecule has 3 aromatic rings. The van der Waals surface area contributed by atoms with E-state index in [1.165, 1.54) is 17.7 Å². The highest BCUT2D eigenvalue weighted by Gasteiger charge is 2.11. The van der Waals surface area contributed by atoms with Gasteiger partial charge in [-0.15, -0.1) is 0 Å². The van der Waals surface area contributed by atoms with Crippen LogP contribution in [-0.4, -0.2) is 37.6 Å². The number of rotatable bonds is 7. The summed E-state index contributed by atoms with van der Waals surface area (Å²) in [7, 11) is 1.95. The zero-order chi connectivity index (χ0) is 18.0. The quantitative estimate of drug-likeness (QED) is 0.641.